The molecule has 0 atom stereocenters. The smallest absolute Gasteiger partial charge is 0.261 e. The molecule has 8 heteroatoms. The first-order valence-corrected chi connectivity index (χ1v) is 10.2. The number of halogens is 3. The van der Waals surface area contributed by atoms with Crippen LogP contribution in [0.5, 0.6) is 0 Å². The highest BCUT2D eigenvalue weighted by Crippen LogP contribution is 2.33. The summed E-state index contributed by atoms with van der Waals surface area (Å²) < 4.78 is 15.5. The molecule has 2 aromatic carbocycles. The van der Waals surface area contributed by atoms with Gasteiger partial charge in [0.25, 0.3) is 5.91 Å². The molecule has 0 saturated heterocycles. The van der Waals surface area contributed by atoms with E-state index in [9.17, 15) is 9.18 Å². The summed E-state index contributed by atoms with van der Waals surface area (Å²) in [4.78, 5) is 23.3. The summed E-state index contributed by atoms with van der Waals surface area (Å²) in [5, 5.41) is 0.724. The van der Waals surface area contributed by atoms with Gasteiger partial charge < -0.3 is 0 Å². The molecule has 4 nitrogen and oxygen atoms in total. The van der Waals surface area contributed by atoms with Gasteiger partial charge in [0, 0.05) is 16.9 Å². The van der Waals surface area contributed by atoms with E-state index in [0.29, 0.717) is 20.4 Å². The molecule has 4 aromatic rings. The van der Waals surface area contributed by atoms with Gasteiger partial charge in [0.2, 0.25) is 0 Å². The number of hydrogen-bond acceptors (Lipinski definition) is 4. The highest BCUT2D eigenvalue weighted by Gasteiger charge is 2.24. The number of carbonyl (C=O) groups is 1. The van der Waals surface area contributed by atoms with E-state index < -0.39 is 5.82 Å². The van der Waals surface area contributed by atoms with Crippen molar-refractivity contribution in [1.82, 2.24) is 9.97 Å². The number of rotatable bonds is 4. The summed E-state index contributed by atoms with van der Waals surface area (Å²) in [6.07, 6.45) is 3.34. The number of carbonyl (C=O) groups excluding carboxylic acids is 1. The number of thiazole rings is 1. The fourth-order valence-electron chi connectivity index (χ4n) is 2.73. The molecular formula is C20H12BrClFN3OS. The average molecular weight is 477 g/mol. The summed E-state index contributed by atoms with van der Waals surface area (Å²) in [5.41, 5.74) is 1.40. The lowest BCUT2D eigenvalue weighted by molar-refractivity contribution is 0.0985. The largest absolute Gasteiger partial charge is 0.279 e. The number of anilines is 1. The molecule has 0 N–H and O–H groups in total. The van der Waals surface area contributed by atoms with Gasteiger partial charge in [-0.2, -0.15) is 0 Å². The van der Waals surface area contributed by atoms with Gasteiger partial charge in [0.1, 0.15) is 11.3 Å². The van der Waals surface area contributed by atoms with Gasteiger partial charge in [-0.25, -0.2) is 9.37 Å². The fourth-order valence-corrected chi connectivity index (χ4v) is 4.26. The Balaban J connectivity index is 1.82. The Morgan fingerprint density at radius 1 is 1.21 bits per heavy atom. The minimum absolute atomic E-state index is 0.233. The van der Waals surface area contributed by atoms with Crippen molar-refractivity contribution in [2.75, 3.05) is 4.90 Å². The molecule has 0 unspecified atom stereocenters. The average Bonchev–Trinajstić information content (AvgIpc) is 3.14. The summed E-state index contributed by atoms with van der Waals surface area (Å²) in [6, 6.07) is 13.5. The molecule has 0 saturated carbocycles. The first kappa shape index (κ1) is 19.0. The SMILES string of the molecule is O=C(c1cc(Br)ccc1Cl)N(Cc1cccnc1)c1nc2c(F)cccc2s1. The van der Waals surface area contributed by atoms with Crippen LogP contribution in [0.2, 0.25) is 5.02 Å². The van der Waals surface area contributed by atoms with Crippen LogP contribution in [0.1, 0.15) is 15.9 Å². The Bertz CT molecular complexity index is 1170. The number of hydrogen-bond donors (Lipinski definition) is 0. The third-order valence-corrected chi connectivity index (χ3v) is 5.92. The third-order valence-electron chi connectivity index (χ3n) is 4.06. The van der Waals surface area contributed by atoms with E-state index in [0.717, 1.165) is 10.0 Å². The highest BCUT2D eigenvalue weighted by atomic mass is 79.9. The zero-order chi connectivity index (χ0) is 19.7. The highest BCUT2D eigenvalue weighted by molar-refractivity contribution is 9.10. The number of nitrogens with zero attached hydrogens (tertiary/aromatic N) is 3. The summed E-state index contributed by atoms with van der Waals surface area (Å²) in [7, 11) is 0. The topological polar surface area (TPSA) is 46.1 Å². The molecule has 2 aromatic heterocycles. The van der Waals surface area contributed by atoms with Crippen LogP contribution >= 0.6 is 38.9 Å². The van der Waals surface area contributed by atoms with Crippen LogP contribution in [0, 0.1) is 5.82 Å². The Morgan fingerprint density at radius 2 is 2.07 bits per heavy atom. The molecule has 0 fully saturated rings. The van der Waals surface area contributed by atoms with E-state index in [2.05, 4.69) is 25.9 Å². The van der Waals surface area contributed by atoms with Crippen molar-refractivity contribution in [1.29, 1.82) is 0 Å². The van der Waals surface area contributed by atoms with Crippen molar-refractivity contribution < 1.29 is 9.18 Å². The maximum Gasteiger partial charge on any atom is 0.261 e. The van der Waals surface area contributed by atoms with Gasteiger partial charge in [0.05, 0.1) is 21.8 Å². The van der Waals surface area contributed by atoms with E-state index in [-0.39, 0.29) is 18.0 Å². The Hall–Kier alpha value is -2.35. The number of fused-ring (bicyclic) bond motifs is 1. The molecule has 28 heavy (non-hydrogen) atoms. The van der Waals surface area contributed by atoms with Gasteiger partial charge >= 0.3 is 0 Å². The van der Waals surface area contributed by atoms with E-state index >= 15 is 0 Å². The molecular weight excluding hydrogens is 465 g/mol. The number of benzene rings is 2. The Kier molecular flexibility index (Phi) is 5.39. The second-order valence-corrected chi connectivity index (χ2v) is 8.29. The number of para-hydroxylation sites is 1. The second-order valence-electron chi connectivity index (χ2n) is 5.96. The number of aromatic nitrogens is 2. The van der Waals surface area contributed by atoms with Crippen molar-refractivity contribution in [2.45, 2.75) is 6.54 Å². The normalized spacial score (nSPS) is 11.0. The molecule has 0 aliphatic rings. The van der Waals surface area contributed by atoms with Gasteiger partial charge in [-0.15, -0.1) is 0 Å². The lowest BCUT2D eigenvalue weighted by Gasteiger charge is -2.20. The van der Waals surface area contributed by atoms with Gasteiger partial charge in [-0.1, -0.05) is 51.0 Å². The first-order chi connectivity index (χ1) is 13.5. The second kappa shape index (κ2) is 7.95. The quantitative estimate of drug-likeness (QED) is 0.358. The van der Waals surface area contributed by atoms with Crippen LogP contribution in [-0.2, 0) is 6.54 Å². The fraction of sp³-hybridized carbons (Fsp3) is 0.0500. The zero-order valence-corrected chi connectivity index (χ0v) is 17.4. The molecule has 4 rings (SSSR count). The van der Waals surface area contributed by atoms with Gasteiger partial charge in [-0.05, 0) is 42.0 Å². The standard InChI is InChI=1S/C20H12BrClFN3OS/c21-13-6-7-15(22)14(9-13)19(27)26(11-12-3-2-8-24-10-12)20-25-18-16(23)4-1-5-17(18)28-20/h1-10H,11H2. The lowest BCUT2D eigenvalue weighted by atomic mass is 10.2. The minimum atomic E-state index is -0.422. The van der Waals surface area contributed by atoms with Gasteiger partial charge in [0.15, 0.2) is 5.13 Å². The Labute approximate surface area is 177 Å². The molecule has 0 spiro atoms. The van der Waals surface area contributed by atoms with Crippen LogP contribution in [0.3, 0.4) is 0 Å². The molecule has 0 bridgehead atoms. The predicted molar refractivity (Wildman–Crippen MR) is 113 cm³/mol. The maximum absolute atomic E-state index is 14.1. The van der Waals surface area contributed by atoms with Crippen molar-refractivity contribution in [3.05, 3.63) is 87.4 Å². The summed E-state index contributed by atoms with van der Waals surface area (Å²) in [5.74, 6) is -0.746. The van der Waals surface area contributed by atoms with Crippen LogP contribution in [0.4, 0.5) is 9.52 Å². The first-order valence-electron chi connectivity index (χ1n) is 8.24. The lowest BCUT2D eigenvalue weighted by Crippen LogP contribution is -2.30. The molecule has 1 amide bonds. The van der Waals surface area contributed by atoms with E-state index in [1.54, 1.807) is 48.8 Å². The van der Waals surface area contributed by atoms with Crippen LogP contribution in [0.25, 0.3) is 10.2 Å². The van der Waals surface area contributed by atoms with Gasteiger partial charge in [-0.3, -0.25) is 14.7 Å². The molecule has 0 aliphatic heterocycles. The maximum atomic E-state index is 14.1. The minimum Gasteiger partial charge on any atom is -0.279 e. The van der Waals surface area contributed by atoms with Crippen LogP contribution < -0.4 is 4.90 Å². The van der Waals surface area contributed by atoms with Crippen LogP contribution in [0.15, 0.2) is 65.4 Å². The molecule has 0 aliphatic carbocycles. The Morgan fingerprint density at radius 3 is 2.82 bits per heavy atom. The van der Waals surface area contributed by atoms with Crippen molar-refractivity contribution >= 4 is 60.1 Å². The van der Waals surface area contributed by atoms with Crippen molar-refractivity contribution in [2.24, 2.45) is 0 Å². The summed E-state index contributed by atoms with van der Waals surface area (Å²) in [6.45, 7) is 0.233. The van der Waals surface area contributed by atoms with Crippen molar-refractivity contribution in [3.63, 3.8) is 0 Å². The van der Waals surface area contributed by atoms with Crippen molar-refractivity contribution in [3.8, 4) is 0 Å². The van der Waals surface area contributed by atoms with E-state index in [4.69, 9.17) is 11.6 Å². The van der Waals surface area contributed by atoms with Crippen LogP contribution in [-0.4, -0.2) is 15.9 Å². The predicted octanol–water partition coefficient (Wildman–Crippen LogP) is 6.09. The number of amides is 1. The van der Waals surface area contributed by atoms with E-state index in [1.807, 2.05) is 6.07 Å². The molecule has 2 heterocycles. The monoisotopic (exact) mass is 475 g/mol. The number of pyridine rings is 1. The summed E-state index contributed by atoms with van der Waals surface area (Å²) >= 11 is 10.9. The zero-order valence-electron chi connectivity index (χ0n) is 14.3. The van der Waals surface area contributed by atoms with E-state index in [1.165, 1.54) is 22.3 Å². The molecule has 0 radical (unpaired) electrons. The third kappa shape index (κ3) is 3.78. The molecule has 140 valence electrons.